The Labute approximate surface area is 177 Å². The van der Waals surface area contributed by atoms with Crippen molar-refractivity contribution in [2.24, 2.45) is 7.05 Å². The van der Waals surface area contributed by atoms with Crippen LogP contribution in [0.4, 0.5) is 0 Å². The molecule has 1 aromatic carbocycles. The minimum absolute atomic E-state index is 0.0490. The highest BCUT2D eigenvalue weighted by Crippen LogP contribution is 2.31. The second-order valence-corrected chi connectivity index (χ2v) is 8.89. The van der Waals surface area contributed by atoms with Crippen molar-refractivity contribution < 1.29 is 23.1 Å². The number of Topliss-reactive ketones (excluding diaryl/α,β-unsaturated/α-hetero) is 1. The molecule has 2 aromatic rings. The average Bonchev–Trinajstić information content (AvgIpc) is 2.96. The summed E-state index contributed by atoms with van der Waals surface area (Å²) < 4.78 is 28.9. The number of hydrogen-bond donors (Lipinski definition) is 2. The Hall–Kier alpha value is -1.58. The summed E-state index contributed by atoms with van der Waals surface area (Å²) >= 11 is 17.6. The summed E-state index contributed by atoms with van der Waals surface area (Å²) in [6, 6.07) is 5.71. The van der Waals surface area contributed by atoms with Gasteiger partial charge in [0.05, 0.1) is 27.2 Å². The molecular weight excluding hydrogens is 451 g/mol. The summed E-state index contributed by atoms with van der Waals surface area (Å²) in [4.78, 5) is 22.5. The van der Waals surface area contributed by atoms with E-state index >= 15 is 0 Å². The number of carbonyl (C=O) groups excluding carboxylic acids is 1. The quantitative estimate of drug-likeness (QED) is 0.433. The Morgan fingerprint density at radius 3 is 2.36 bits per heavy atom. The molecule has 28 heavy (non-hydrogen) atoms. The SMILES string of the molecule is Cn1c(CCNS(=O)(=O)c2cc(Cl)c(Cl)cc2Cl)ccc1C(=O)CCC(=O)O. The number of benzene rings is 1. The van der Waals surface area contributed by atoms with Gasteiger partial charge in [-0.1, -0.05) is 34.8 Å². The predicted molar refractivity (Wildman–Crippen MR) is 107 cm³/mol. The minimum Gasteiger partial charge on any atom is -0.481 e. The molecule has 11 heteroatoms. The molecule has 0 aliphatic heterocycles. The standard InChI is InChI=1S/C17H17Cl3N2O5S/c1-22-10(2-3-14(22)15(23)4-5-17(24)25)6-7-21-28(26,27)16-9-12(19)11(18)8-13(16)20/h2-3,8-9,21H,4-7H2,1H3,(H,24,25). The Morgan fingerprint density at radius 2 is 1.71 bits per heavy atom. The highest BCUT2D eigenvalue weighted by atomic mass is 35.5. The van der Waals surface area contributed by atoms with E-state index in [0.29, 0.717) is 17.8 Å². The maximum Gasteiger partial charge on any atom is 0.303 e. The molecule has 1 aromatic heterocycles. The van der Waals surface area contributed by atoms with E-state index in [2.05, 4.69) is 4.72 Å². The molecule has 0 aliphatic rings. The fraction of sp³-hybridized carbons (Fsp3) is 0.294. The predicted octanol–water partition coefficient (Wildman–Crippen LogP) is 3.55. The number of nitrogens with zero attached hydrogens (tertiary/aromatic N) is 1. The second kappa shape index (κ2) is 9.28. The summed E-state index contributed by atoms with van der Waals surface area (Å²) in [5.41, 5.74) is 1.08. The fourth-order valence-electron chi connectivity index (χ4n) is 2.53. The van der Waals surface area contributed by atoms with Crippen LogP contribution in [-0.4, -0.2) is 36.4 Å². The van der Waals surface area contributed by atoms with Crippen LogP contribution < -0.4 is 4.72 Å². The third-order valence-corrected chi connectivity index (χ3v) is 6.66. The van der Waals surface area contributed by atoms with E-state index in [1.165, 1.54) is 12.1 Å². The summed E-state index contributed by atoms with van der Waals surface area (Å²) in [6.45, 7) is 0.0551. The number of rotatable bonds is 9. The van der Waals surface area contributed by atoms with Crippen LogP contribution in [0.3, 0.4) is 0 Å². The molecule has 0 amide bonds. The normalized spacial score (nSPS) is 11.6. The van der Waals surface area contributed by atoms with Crippen molar-refractivity contribution in [3.63, 3.8) is 0 Å². The smallest absolute Gasteiger partial charge is 0.303 e. The van der Waals surface area contributed by atoms with Crippen molar-refractivity contribution in [3.05, 3.63) is 50.7 Å². The topological polar surface area (TPSA) is 105 Å². The van der Waals surface area contributed by atoms with E-state index in [-0.39, 0.29) is 45.1 Å². The molecule has 0 saturated carbocycles. The molecule has 2 N–H and O–H groups in total. The van der Waals surface area contributed by atoms with Gasteiger partial charge in [0.2, 0.25) is 10.0 Å². The monoisotopic (exact) mass is 466 g/mol. The number of aliphatic carboxylic acids is 1. The van der Waals surface area contributed by atoms with Gasteiger partial charge in [-0.05, 0) is 24.3 Å². The van der Waals surface area contributed by atoms with Crippen LogP contribution in [0, 0.1) is 0 Å². The van der Waals surface area contributed by atoms with Crippen LogP contribution in [0.15, 0.2) is 29.2 Å². The lowest BCUT2D eigenvalue weighted by Crippen LogP contribution is -2.27. The number of hydrogen-bond acceptors (Lipinski definition) is 4. The Balaban J connectivity index is 2.04. The van der Waals surface area contributed by atoms with Gasteiger partial charge in [0.25, 0.3) is 0 Å². The van der Waals surface area contributed by atoms with Crippen molar-refractivity contribution >= 4 is 56.6 Å². The third-order valence-electron chi connectivity index (χ3n) is 4.01. The first-order valence-corrected chi connectivity index (χ1v) is 10.7. The van der Waals surface area contributed by atoms with Gasteiger partial charge < -0.3 is 9.67 Å². The van der Waals surface area contributed by atoms with Crippen molar-refractivity contribution in [2.75, 3.05) is 6.54 Å². The number of carboxylic acid groups (broad SMARTS) is 1. The van der Waals surface area contributed by atoms with Crippen LogP contribution >= 0.6 is 34.8 Å². The van der Waals surface area contributed by atoms with Crippen LogP contribution in [0.25, 0.3) is 0 Å². The van der Waals surface area contributed by atoms with Crippen molar-refractivity contribution in [1.29, 1.82) is 0 Å². The third kappa shape index (κ3) is 5.48. The zero-order valence-electron chi connectivity index (χ0n) is 14.7. The number of sulfonamides is 1. The van der Waals surface area contributed by atoms with Crippen LogP contribution in [0.5, 0.6) is 0 Å². The number of ketones is 1. The van der Waals surface area contributed by atoms with E-state index in [9.17, 15) is 18.0 Å². The highest BCUT2D eigenvalue weighted by Gasteiger charge is 2.20. The largest absolute Gasteiger partial charge is 0.481 e. The molecule has 0 aliphatic carbocycles. The van der Waals surface area contributed by atoms with Crippen molar-refractivity contribution in [1.82, 2.24) is 9.29 Å². The van der Waals surface area contributed by atoms with E-state index < -0.39 is 16.0 Å². The van der Waals surface area contributed by atoms with Gasteiger partial charge in [-0.3, -0.25) is 9.59 Å². The average molecular weight is 468 g/mol. The molecule has 0 saturated heterocycles. The second-order valence-electron chi connectivity index (χ2n) is 5.93. The molecule has 1 heterocycles. The number of carbonyl (C=O) groups is 2. The lowest BCUT2D eigenvalue weighted by molar-refractivity contribution is -0.136. The number of nitrogens with one attached hydrogen (secondary N) is 1. The van der Waals surface area contributed by atoms with Crippen LogP contribution in [-0.2, 0) is 28.3 Å². The van der Waals surface area contributed by atoms with Gasteiger partial charge in [0, 0.05) is 32.1 Å². The molecule has 0 fully saturated rings. The van der Waals surface area contributed by atoms with Gasteiger partial charge in [0.1, 0.15) is 4.90 Å². The number of aromatic nitrogens is 1. The number of carboxylic acids is 1. The summed E-state index contributed by atoms with van der Waals surface area (Å²) in [5.74, 6) is -1.34. The Morgan fingerprint density at radius 1 is 1.07 bits per heavy atom. The molecule has 152 valence electrons. The molecular formula is C17H17Cl3N2O5S. The molecule has 0 spiro atoms. The first kappa shape index (κ1) is 22.7. The van der Waals surface area contributed by atoms with Gasteiger partial charge in [-0.25, -0.2) is 13.1 Å². The van der Waals surface area contributed by atoms with E-state index in [1.807, 2.05) is 0 Å². The summed E-state index contributed by atoms with van der Waals surface area (Å²) in [7, 11) is -2.25. The summed E-state index contributed by atoms with van der Waals surface area (Å²) in [5, 5.41) is 8.84. The first-order valence-electron chi connectivity index (χ1n) is 8.06. The Kier molecular flexibility index (Phi) is 7.52. The highest BCUT2D eigenvalue weighted by molar-refractivity contribution is 7.89. The molecule has 0 unspecified atom stereocenters. The lowest BCUT2D eigenvalue weighted by atomic mass is 10.2. The van der Waals surface area contributed by atoms with Crippen molar-refractivity contribution in [2.45, 2.75) is 24.2 Å². The molecule has 7 nitrogen and oxygen atoms in total. The van der Waals surface area contributed by atoms with Gasteiger partial charge in [0.15, 0.2) is 5.78 Å². The van der Waals surface area contributed by atoms with Gasteiger partial charge in [-0.15, -0.1) is 0 Å². The van der Waals surface area contributed by atoms with Gasteiger partial charge >= 0.3 is 5.97 Å². The fourth-order valence-corrected chi connectivity index (χ4v) is 4.57. The van der Waals surface area contributed by atoms with E-state index in [1.54, 1.807) is 23.7 Å². The zero-order chi connectivity index (χ0) is 21.1. The van der Waals surface area contributed by atoms with Crippen molar-refractivity contribution in [3.8, 4) is 0 Å². The van der Waals surface area contributed by atoms with Crippen LogP contribution in [0.1, 0.15) is 29.0 Å². The maximum absolute atomic E-state index is 12.4. The van der Waals surface area contributed by atoms with E-state index in [4.69, 9.17) is 39.9 Å². The molecule has 0 atom stereocenters. The molecule has 0 radical (unpaired) electrons. The zero-order valence-corrected chi connectivity index (χ0v) is 17.8. The van der Waals surface area contributed by atoms with E-state index in [0.717, 1.165) is 0 Å². The first-order chi connectivity index (χ1) is 13.0. The Bertz CT molecular complexity index is 1020. The summed E-state index contributed by atoms with van der Waals surface area (Å²) in [6.07, 6.45) is -0.0421. The lowest BCUT2D eigenvalue weighted by Gasteiger charge is -2.11. The maximum atomic E-state index is 12.4. The number of halogens is 3. The molecule has 0 bridgehead atoms. The minimum atomic E-state index is -3.91. The van der Waals surface area contributed by atoms with Crippen LogP contribution in [0.2, 0.25) is 15.1 Å². The van der Waals surface area contributed by atoms with Gasteiger partial charge in [-0.2, -0.15) is 0 Å². The molecule has 2 rings (SSSR count).